The van der Waals surface area contributed by atoms with Crippen LogP contribution in [0.3, 0.4) is 0 Å². The monoisotopic (exact) mass is 294 g/mol. The number of nitriles is 1. The first-order chi connectivity index (χ1) is 9.11. The van der Waals surface area contributed by atoms with E-state index >= 15 is 0 Å². The maximum atomic E-state index is 12.7. The van der Waals surface area contributed by atoms with Crippen LogP contribution in [0.2, 0.25) is 0 Å². The van der Waals surface area contributed by atoms with Gasteiger partial charge in [-0.1, -0.05) is 18.2 Å². The standard InChI is InChI=1S/C13H14N2O2S2/c1-2-13(15-7-8-18-10-15)19(16,17)12-6-4-3-5-11(12)9-14/h2-6,13H,1,7-8,10H2. The van der Waals surface area contributed by atoms with Crippen LogP contribution in [0.5, 0.6) is 0 Å². The van der Waals surface area contributed by atoms with Gasteiger partial charge in [0.15, 0.2) is 9.84 Å². The van der Waals surface area contributed by atoms with Gasteiger partial charge in [-0.3, -0.25) is 4.90 Å². The lowest BCUT2D eigenvalue weighted by atomic mass is 10.2. The molecule has 1 heterocycles. The Morgan fingerprint density at radius 2 is 2.21 bits per heavy atom. The number of rotatable bonds is 4. The summed E-state index contributed by atoms with van der Waals surface area (Å²) < 4.78 is 25.3. The lowest BCUT2D eigenvalue weighted by Crippen LogP contribution is -2.38. The van der Waals surface area contributed by atoms with E-state index in [0.717, 1.165) is 12.3 Å². The minimum atomic E-state index is -3.61. The second-order valence-corrected chi connectivity index (χ2v) is 7.22. The highest BCUT2D eigenvalue weighted by Crippen LogP contribution is 2.26. The highest BCUT2D eigenvalue weighted by atomic mass is 32.2. The first-order valence-corrected chi connectivity index (χ1v) is 8.48. The van der Waals surface area contributed by atoms with Crippen molar-refractivity contribution in [1.82, 2.24) is 4.90 Å². The van der Waals surface area contributed by atoms with Crippen molar-refractivity contribution < 1.29 is 8.42 Å². The second kappa shape index (κ2) is 5.78. The SMILES string of the molecule is C=CC(N1CCSC1)S(=O)(=O)c1ccccc1C#N. The van der Waals surface area contributed by atoms with Crippen LogP contribution < -0.4 is 0 Å². The Labute approximate surface area is 117 Å². The number of nitrogens with zero attached hydrogens (tertiary/aromatic N) is 2. The molecule has 0 amide bonds. The molecule has 0 N–H and O–H groups in total. The van der Waals surface area contributed by atoms with Crippen LogP contribution in [0, 0.1) is 11.3 Å². The van der Waals surface area contributed by atoms with Crippen LogP contribution in [0.1, 0.15) is 5.56 Å². The molecule has 1 unspecified atom stereocenters. The van der Waals surface area contributed by atoms with Gasteiger partial charge in [-0.15, -0.1) is 18.3 Å². The summed E-state index contributed by atoms with van der Waals surface area (Å²) in [6.45, 7) is 4.36. The third-order valence-corrected chi connectivity index (χ3v) is 6.05. The quantitative estimate of drug-likeness (QED) is 0.793. The molecule has 0 spiro atoms. The van der Waals surface area contributed by atoms with E-state index in [1.54, 1.807) is 23.9 Å². The van der Waals surface area contributed by atoms with Crippen molar-refractivity contribution in [2.45, 2.75) is 10.3 Å². The molecule has 6 heteroatoms. The van der Waals surface area contributed by atoms with Gasteiger partial charge >= 0.3 is 0 Å². The molecular formula is C13H14N2O2S2. The van der Waals surface area contributed by atoms with Gasteiger partial charge in [-0.25, -0.2) is 8.42 Å². The van der Waals surface area contributed by atoms with Crippen LogP contribution >= 0.6 is 11.8 Å². The van der Waals surface area contributed by atoms with E-state index in [-0.39, 0.29) is 10.5 Å². The van der Waals surface area contributed by atoms with Crippen molar-refractivity contribution in [1.29, 1.82) is 5.26 Å². The Hall–Kier alpha value is -1.29. The van der Waals surface area contributed by atoms with Crippen molar-refractivity contribution in [3.8, 4) is 6.07 Å². The first kappa shape index (κ1) is 14.1. The molecular weight excluding hydrogens is 280 g/mol. The predicted molar refractivity (Wildman–Crippen MR) is 76.4 cm³/mol. The molecule has 19 heavy (non-hydrogen) atoms. The maximum Gasteiger partial charge on any atom is 0.199 e. The molecule has 0 aromatic heterocycles. The van der Waals surface area contributed by atoms with Crippen molar-refractivity contribution in [3.05, 3.63) is 42.5 Å². The van der Waals surface area contributed by atoms with E-state index < -0.39 is 15.2 Å². The molecule has 1 aliphatic heterocycles. The van der Waals surface area contributed by atoms with E-state index in [1.807, 2.05) is 11.0 Å². The van der Waals surface area contributed by atoms with Crippen LogP contribution in [-0.2, 0) is 9.84 Å². The van der Waals surface area contributed by atoms with E-state index in [2.05, 4.69) is 6.58 Å². The molecule has 2 rings (SSSR count). The summed E-state index contributed by atoms with van der Waals surface area (Å²) in [5, 5.41) is 8.28. The highest BCUT2D eigenvalue weighted by Gasteiger charge is 2.33. The van der Waals surface area contributed by atoms with Crippen molar-refractivity contribution >= 4 is 21.6 Å². The van der Waals surface area contributed by atoms with E-state index in [4.69, 9.17) is 5.26 Å². The van der Waals surface area contributed by atoms with Crippen LogP contribution in [0.4, 0.5) is 0 Å². The molecule has 0 aliphatic carbocycles. The van der Waals surface area contributed by atoms with Gasteiger partial charge in [0.2, 0.25) is 0 Å². The number of benzene rings is 1. The van der Waals surface area contributed by atoms with Gasteiger partial charge < -0.3 is 0 Å². The van der Waals surface area contributed by atoms with Crippen LogP contribution in [0.25, 0.3) is 0 Å². The van der Waals surface area contributed by atoms with Gasteiger partial charge in [-0.05, 0) is 12.1 Å². The highest BCUT2D eigenvalue weighted by molar-refractivity contribution is 7.99. The Bertz CT molecular complexity index is 614. The Balaban J connectivity index is 2.46. The topological polar surface area (TPSA) is 61.2 Å². The number of hydrogen-bond donors (Lipinski definition) is 0. The van der Waals surface area contributed by atoms with Crippen molar-refractivity contribution in [2.75, 3.05) is 18.2 Å². The second-order valence-electron chi connectivity index (χ2n) is 4.13. The molecule has 1 fully saturated rings. The minimum Gasteiger partial charge on any atom is -0.274 e. The largest absolute Gasteiger partial charge is 0.274 e. The van der Waals surface area contributed by atoms with Crippen molar-refractivity contribution in [2.24, 2.45) is 0 Å². The van der Waals surface area contributed by atoms with Gasteiger partial charge in [0.05, 0.1) is 10.5 Å². The molecule has 0 saturated carbocycles. The van der Waals surface area contributed by atoms with Crippen LogP contribution in [-0.4, -0.2) is 36.9 Å². The number of hydrogen-bond acceptors (Lipinski definition) is 5. The average molecular weight is 294 g/mol. The summed E-state index contributed by atoms with van der Waals surface area (Å²) in [6, 6.07) is 8.22. The van der Waals surface area contributed by atoms with Crippen LogP contribution in [0.15, 0.2) is 41.8 Å². The molecule has 0 radical (unpaired) electrons. The fourth-order valence-electron chi connectivity index (χ4n) is 2.04. The van der Waals surface area contributed by atoms with Gasteiger partial charge in [0.1, 0.15) is 11.4 Å². The molecule has 4 nitrogen and oxygen atoms in total. The molecule has 1 aromatic rings. The fraction of sp³-hybridized carbons (Fsp3) is 0.308. The first-order valence-electron chi connectivity index (χ1n) is 5.78. The normalized spacial score (nSPS) is 17.8. The average Bonchev–Trinajstić information content (AvgIpc) is 2.93. The molecule has 1 aliphatic rings. The van der Waals surface area contributed by atoms with E-state index in [9.17, 15) is 8.42 Å². The maximum absolute atomic E-state index is 12.7. The van der Waals surface area contributed by atoms with Gasteiger partial charge in [-0.2, -0.15) is 5.26 Å². The Kier molecular flexibility index (Phi) is 4.30. The summed E-state index contributed by atoms with van der Waals surface area (Å²) in [5.41, 5.74) is 0.182. The zero-order valence-electron chi connectivity index (χ0n) is 10.3. The molecule has 1 saturated heterocycles. The summed E-state index contributed by atoms with van der Waals surface area (Å²) >= 11 is 1.70. The zero-order chi connectivity index (χ0) is 13.9. The third-order valence-electron chi connectivity index (χ3n) is 2.97. The smallest absolute Gasteiger partial charge is 0.199 e. The number of sulfone groups is 1. The zero-order valence-corrected chi connectivity index (χ0v) is 12.0. The Morgan fingerprint density at radius 3 is 2.79 bits per heavy atom. The summed E-state index contributed by atoms with van der Waals surface area (Å²) in [7, 11) is -3.61. The minimum absolute atomic E-state index is 0.0827. The molecule has 0 bridgehead atoms. The van der Waals surface area contributed by atoms with Gasteiger partial charge in [0.25, 0.3) is 0 Å². The van der Waals surface area contributed by atoms with E-state index in [1.165, 1.54) is 18.2 Å². The molecule has 100 valence electrons. The molecule has 1 atom stereocenters. The summed E-state index contributed by atoms with van der Waals surface area (Å²) in [6.07, 6.45) is 1.44. The lowest BCUT2D eigenvalue weighted by Gasteiger charge is -2.24. The van der Waals surface area contributed by atoms with Crippen molar-refractivity contribution in [3.63, 3.8) is 0 Å². The lowest BCUT2D eigenvalue weighted by molar-refractivity contribution is 0.356. The van der Waals surface area contributed by atoms with E-state index in [0.29, 0.717) is 5.88 Å². The molecule has 1 aromatic carbocycles. The fourth-order valence-corrected chi connectivity index (χ4v) is 4.92. The summed E-state index contributed by atoms with van der Waals surface area (Å²) in [5.74, 6) is 1.59. The predicted octanol–water partition coefficient (Wildman–Crippen LogP) is 1.85. The third kappa shape index (κ3) is 2.68. The number of thioether (sulfide) groups is 1. The summed E-state index contributed by atoms with van der Waals surface area (Å²) in [4.78, 5) is 1.94. The Morgan fingerprint density at radius 1 is 1.47 bits per heavy atom. The van der Waals surface area contributed by atoms with Gasteiger partial charge in [0, 0.05) is 18.2 Å².